The number of hydrogen-bond donors (Lipinski definition) is 1. The molecule has 3 nitrogen and oxygen atoms in total. The van der Waals surface area contributed by atoms with Crippen LogP contribution in [0.25, 0.3) is 0 Å². The second kappa shape index (κ2) is 7.60. The van der Waals surface area contributed by atoms with Crippen molar-refractivity contribution in [3.63, 3.8) is 0 Å². The second-order valence-electron chi connectivity index (χ2n) is 5.03. The summed E-state index contributed by atoms with van der Waals surface area (Å²) in [5.41, 5.74) is 9.51. The molecule has 0 saturated carbocycles. The topological polar surface area (TPSA) is 52.3 Å². The molecule has 1 aromatic rings. The van der Waals surface area contributed by atoms with Gasteiger partial charge in [0.15, 0.2) is 0 Å². The van der Waals surface area contributed by atoms with E-state index in [1.165, 1.54) is 5.57 Å². The summed E-state index contributed by atoms with van der Waals surface area (Å²) in [6.45, 7) is 2.80. The molecule has 0 unspecified atom stereocenters. The van der Waals surface area contributed by atoms with Gasteiger partial charge in [-0.25, -0.2) is 4.79 Å². The van der Waals surface area contributed by atoms with Crippen LogP contribution < -0.4 is 5.73 Å². The zero-order valence-electron chi connectivity index (χ0n) is 12.3. The van der Waals surface area contributed by atoms with Gasteiger partial charge >= 0.3 is 5.97 Å². The van der Waals surface area contributed by atoms with Gasteiger partial charge in [0.05, 0.1) is 0 Å². The molecule has 3 heteroatoms. The van der Waals surface area contributed by atoms with Gasteiger partial charge in [0.2, 0.25) is 0 Å². The van der Waals surface area contributed by atoms with Crippen molar-refractivity contribution in [1.82, 2.24) is 0 Å². The van der Waals surface area contributed by atoms with E-state index in [0.29, 0.717) is 25.1 Å². The number of carbonyl (C=O) groups is 1. The van der Waals surface area contributed by atoms with Crippen LogP contribution in [-0.2, 0) is 16.1 Å². The van der Waals surface area contributed by atoms with Gasteiger partial charge in [-0.15, -0.1) is 0 Å². The Morgan fingerprint density at radius 2 is 2.00 bits per heavy atom. The zero-order valence-corrected chi connectivity index (χ0v) is 12.3. The zero-order chi connectivity index (χ0) is 15.1. The maximum atomic E-state index is 12.3. The van der Waals surface area contributed by atoms with Crippen molar-refractivity contribution in [3.05, 3.63) is 70.8 Å². The Labute approximate surface area is 125 Å². The molecular formula is C18H21NO2. The van der Waals surface area contributed by atoms with Crippen LogP contribution in [0.3, 0.4) is 0 Å². The molecule has 2 N–H and O–H groups in total. The number of rotatable bonds is 5. The number of hydrogen-bond acceptors (Lipinski definition) is 3. The summed E-state index contributed by atoms with van der Waals surface area (Å²) in [4.78, 5) is 12.3. The summed E-state index contributed by atoms with van der Waals surface area (Å²) in [7, 11) is 0. The summed E-state index contributed by atoms with van der Waals surface area (Å²) >= 11 is 0. The number of benzene rings is 1. The lowest BCUT2D eigenvalue weighted by atomic mass is 10.0. The third-order valence-electron chi connectivity index (χ3n) is 3.48. The van der Waals surface area contributed by atoms with Crippen LogP contribution in [0.1, 0.15) is 25.3 Å². The van der Waals surface area contributed by atoms with E-state index in [0.717, 1.165) is 17.6 Å². The van der Waals surface area contributed by atoms with Gasteiger partial charge in [0.25, 0.3) is 0 Å². The van der Waals surface area contributed by atoms with E-state index in [4.69, 9.17) is 10.5 Å². The predicted octanol–water partition coefficient (Wildman–Crippen LogP) is 3.28. The highest BCUT2D eigenvalue weighted by atomic mass is 16.5. The fourth-order valence-corrected chi connectivity index (χ4v) is 2.17. The lowest BCUT2D eigenvalue weighted by molar-refractivity contribution is -0.140. The number of esters is 1. The second-order valence-corrected chi connectivity index (χ2v) is 5.03. The highest BCUT2D eigenvalue weighted by Gasteiger charge is 2.15. The molecule has 0 aliphatic heterocycles. The highest BCUT2D eigenvalue weighted by Crippen LogP contribution is 2.21. The first-order valence-corrected chi connectivity index (χ1v) is 7.23. The van der Waals surface area contributed by atoms with Crippen molar-refractivity contribution in [3.8, 4) is 0 Å². The summed E-state index contributed by atoms with van der Waals surface area (Å²) in [5.74, 6) is -0.264. The van der Waals surface area contributed by atoms with Crippen molar-refractivity contribution in [2.24, 2.45) is 5.73 Å². The molecule has 110 valence electrons. The molecule has 0 spiro atoms. The fraction of sp³-hybridized carbons (Fsp3) is 0.278. The monoisotopic (exact) mass is 283 g/mol. The van der Waals surface area contributed by atoms with Gasteiger partial charge in [0, 0.05) is 18.5 Å². The molecule has 0 fully saturated rings. The van der Waals surface area contributed by atoms with Gasteiger partial charge < -0.3 is 10.5 Å². The molecule has 1 aromatic carbocycles. The van der Waals surface area contributed by atoms with Crippen LogP contribution in [0, 0.1) is 0 Å². The van der Waals surface area contributed by atoms with Crippen molar-refractivity contribution in [2.45, 2.75) is 26.4 Å². The van der Waals surface area contributed by atoms with Crippen LogP contribution in [0.2, 0.25) is 0 Å². The molecular weight excluding hydrogens is 262 g/mol. The van der Waals surface area contributed by atoms with Crippen molar-refractivity contribution < 1.29 is 9.53 Å². The van der Waals surface area contributed by atoms with E-state index in [1.54, 1.807) is 0 Å². The normalized spacial score (nSPS) is 14.7. The van der Waals surface area contributed by atoms with Gasteiger partial charge in [0.1, 0.15) is 6.61 Å². The number of carbonyl (C=O) groups excluding carboxylic acids is 1. The van der Waals surface area contributed by atoms with Gasteiger partial charge in [-0.3, -0.25) is 0 Å². The van der Waals surface area contributed by atoms with Crippen LogP contribution in [0.5, 0.6) is 0 Å². The van der Waals surface area contributed by atoms with Crippen molar-refractivity contribution in [1.29, 1.82) is 0 Å². The molecule has 0 saturated heterocycles. The van der Waals surface area contributed by atoms with Crippen LogP contribution in [0.15, 0.2) is 65.3 Å². The standard InChI is InChI=1S/C18H21NO2/c1-2-14-8-9-16(12-19)11-17(10-14)18(20)21-13-15-6-4-3-5-7-15/h3-9,11H,2,10,12-13,19H2,1H3. The molecule has 0 amide bonds. The minimum absolute atomic E-state index is 0.264. The van der Waals surface area contributed by atoms with Crippen LogP contribution in [-0.4, -0.2) is 12.5 Å². The highest BCUT2D eigenvalue weighted by molar-refractivity contribution is 5.89. The number of ether oxygens (including phenoxy) is 1. The molecule has 0 atom stereocenters. The fourth-order valence-electron chi connectivity index (χ4n) is 2.17. The first kappa shape index (κ1) is 15.3. The molecule has 0 heterocycles. The van der Waals surface area contributed by atoms with E-state index in [-0.39, 0.29) is 5.97 Å². The SMILES string of the molecule is CCC1=CC=C(CN)C=C(C(=O)OCc2ccccc2)C1. The summed E-state index contributed by atoms with van der Waals surface area (Å²) in [6, 6.07) is 9.69. The Morgan fingerprint density at radius 1 is 1.24 bits per heavy atom. The largest absolute Gasteiger partial charge is 0.457 e. The first-order chi connectivity index (χ1) is 10.2. The van der Waals surface area contributed by atoms with Crippen LogP contribution >= 0.6 is 0 Å². The Morgan fingerprint density at radius 3 is 2.67 bits per heavy atom. The summed E-state index contributed by atoms with van der Waals surface area (Å²) in [6.07, 6.45) is 7.43. The Bertz CT molecular complexity index is 582. The van der Waals surface area contributed by atoms with Crippen molar-refractivity contribution >= 4 is 5.97 Å². The van der Waals surface area contributed by atoms with Gasteiger partial charge in [-0.05, 0) is 23.6 Å². The van der Waals surface area contributed by atoms with Crippen molar-refractivity contribution in [2.75, 3.05) is 6.54 Å². The Hall–Kier alpha value is -2.13. The van der Waals surface area contributed by atoms with E-state index in [1.807, 2.05) is 42.5 Å². The molecule has 0 aromatic heterocycles. The third-order valence-corrected chi connectivity index (χ3v) is 3.48. The molecule has 0 bridgehead atoms. The van der Waals surface area contributed by atoms with Gasteiger partial charge in [-0.1, -0.05) is 55.0 Å². The third kappa shape index (κ3) is 4.43. The Kier molecular flexibility index (Phi) is 5.52. The minimum Gasteiger partial charge on any atom is -0.457 e. The molecule has 21 heavy (non-hydrogen) atoms. The summed E-state index contributed by atoms with van der Waals surface area (Å²) < 4.78 is 5.41. The molecule has 1 aliphatic carbocycles. The minimum atomic E-state index is -0.264. The molecule has 2 rings (SSSR count). The van der Waals surface area contributed by atoms with E-state index in [9.17, 15) is 4.79 Å². The first-order valence-electron chi connectivity index (χ1n) is 7.23. The van der Waals surface area contributed by atoms with E-state index >= 15 is 0 Å². The Balaban J connectivity index is 2.05. The predicted molar refractivity (Wildman–Crippen MR) is 84.4 cm³/mol. The maximum Gasteiger partial charge on any atom is 0.334 e. The average Bonchev–Trinajstić information content (AvgIpc) is 2.75. The molecule has 0 radical (unpaired) electrons. The average molecular weight is 283 g/mol. The number of allylic oxidation sites excluding steroid dienone is 3. The van der Waals surface area contributed by atoms with E-state index < -0.39 is 0 Å². The van der Waals surface area contributed by atoms with Crippen LogP contribution in [0.4, 0.5) is 0 Å². The van der Waals surface area contributed by atoms with E-state index in [2.05, 4.69) is 13.0 Å². The summed E-state index contributed by atoms with van der Waals surface area (Å²) in [5, 5.41) is 0. The van der Waals surface area contributed by atoms with Gasteiger partial charge in [-0.2, -0.15) is 0 Å². The smallest absolute Gasteiger partial charge is 0.334 e. The molecule has 1 aliphatic rings. The lowest BCUT2D eigenvalue weighted by Gasteiger charge is -2.09. The number of nitrogens with two attached hydrogens (primary N) is 1. The maximum absolute atomic E-state index is 12.3. The lowest BCUT2D eigenvalue weighted by Crippen LogP contribution is -2.10. The quantitative estimate of drug-likeness (QED) is 0.844.